The first kappa shape index (κ1) is 15.8. The summed E-state index contributed by atoms with van der Waals surface area (Å²) in [7, 11) is 0. The molecule has 0 aliphatic heterocycles. The van der Waals surface area contributed by atoms with Gasteiger partial charge in [0.25, 0.3) is 0 Å². The van der Waals surface area contributed by atoms with Gasteiger partial charge in [-0.15, -0.1) is 0 Å². The number of ether oxygens (including phenoxy) is 3. The van der Waals surface area contributed by atoms with E-state index in [4.69, 9.17) is 19.9 Å². The topological polar surface area (TPSA) is 87.9 Å². The molecule has 110 valence electrons. The number of hydrogen-bond acceptors (Lipinski definition) is 6. The molecule has 0 atom stereocenters. The van der Waals surface area contributed by atoms with Crippen molar-refractivity contribution in [2.75, 3.05) is 18.9 Å². The third-order valence-corrected chi connectivity index (χ3v) is 2.25. The van der Waals surface area contributed by atoms with Gasteiger partial charge in [0.05, 0.1) is 12.7 Å². The van der Waals surface area contributed by atoms with Crippen LogP contribution in [-0.4, -0.2) is 31.3 Å². The second-order valence-corrected chi connectivity index (χ2v) is 4.27. The standard InChI is InChI=1S/C14H19NO5/c1-4-18-11-7-5-6-10(15)13(11)14(17)19-8-12(16)20-9(2)3/h5-7,9H,4,8,15H2,1-3H3. The third-order valence-electron chi connectivity index (χ3n) is 2.25. The van der Waals surface area contributed by atoms with Crippen molar-refractivity contribution in [1.82, 2.24) is 0 Å². The van der Waals surface area contributed by atoms with E-state index in [-0.39, 0.29) is 17.4 Å². The second kappa shape index (κ2) is 7.37. The molecule has 0 spiro atoms. The second-order valence-electron chi connectivity index (χ2n) is 4.27. The third kappa shape index (κ3) is 4.46. The number of nitrogens with two attached hydrogens (primary N) is 1. The Labute approximate surface area is 117 Å². The first-order chi connectivity index (χ1) is 9.45. The predicted molar refractivity (Wildman–Crippen MR) is 73.5 cm³/mol. The minimum absolute atomic E-state index is 0.117. The van der Waals surface area contributed by atoms with Gasteiger partial charge in [-0.3, -0.25) is 0 Å². The molecule has 0 unspecified atom stereocenters. The van der Waals surface area contributed by atoms with Crippen molar-refractivity contribution >= 4 is 17.6 Å². The van der Waals surface area contributed by atoms with Crippen LogP contribution in [0.15, 0.2) is 18.2 Å². The molecule has 0 aliphatic rings. The Bertz CT molecular complexity index is 484. The fourth-order valence-corrected chi connectivity index (χ4v) is 1.54. The molecule has 0 bridgehead atoms. The highest BCUT2D eigenvalue weighted by molar-refractivity contribution is 5.98. The first-order valence-corrected chi connectivity index (χ1v) is 6.33. The lowest BCUT2D eigenvalue weighted by Gasteiger charge is -2.12. The summed E-state index contributed by atoms with van der Waals surface area (Å²) in [6.07, 6.45) is -0.262. The van der Waals surface area contributed by atoms with Gasteiger partial charge in [-0.25, -0.2) is 9.59 Å². The monoisotopic (exact) mass is 281 g/mol. The molecule has 2 N–H and O–H groups in total. The SMILES string of the molecule is CCOc1cccc(N)c1C(=O)OCC(=O)OC(C)C. The van der Waals surface area contributed by atoms with Gasteiger partial charge in [-0.1, -0.05) is 6.07 Å². The van der Waals surface area contributed by atoms with Crippen molar-refractivity contribution in [3.63, 3.8) is 0 Å². The van der Waals surface area contributed by atoms with E-state index in [1.165, 1.54) is 0 Å². The van der Waals surface area contributed by atoms with Crippen LogP contribution in [0.1, 0.15) is 31.1 Å². The number of anilines is 1. The Balaban J connectivity index is 2.74. The Hall–Kier alpha value is -2.24. The number of esters is 2. The molecule has 0 aromatic heterocycles. The molecule has 0 radical (unpaired) electrons. The number of rotatable bonds is 6. The molecular formula is C14H19NO5. The van der Waals surface area contributed by atoms with Gasteiger partial charge in [0.2, 0.25) is 0 Å². The van der Waals surface area contributed by atoms with Gasteiger partial charge >= 0.3 is 11.9 Å². The van der Waals surface area contributed by atoms with Crippen molar-refractivity contribution in [1.29, 1.82) is 0 Å². The zero-order valence-corrected chi connectivity index (χ0v) is 11.8. The first-order valence-electron chi connectivity index (χ1n) is 6.33. The number of carbonyl (C=O) groups is 2. The molecule has 0 aliphatic carbocycles. The highest BCUT2D eigenvalue weighted by Crippen LogP contribution is 2.25. The molecule has 6 nitrogen and oxygen atoms in total. The zero-order chi connectivity index (χ0) is 15.1. The van der Waals surface area contributed by atoms with E-state index in [2.05, 4.69) is 0 Å². The maximum absolute atomic E-state index is 12.0. The lowest BCUT2D eigenvalue weighted by Crippen LogP contribution is -2.20. The van der Waals surface area contributed by atoms with Crippen molar-refractivity contribution < 1.29 is 23.8 Å². The van der Waals surface area contributed by atoms with E-state index in [0.717, 1.165) is 0 Å². The molecule has 1 rings (SSSR count). The van der Waals surface area contributed by atoms with E-state index in [0.29, 0.717) is 12.4 Å². The average molecular weight is 281 g/mol. The van der Waals surface area contributed by atoms with Gasteiger partial charge in [0.1, 0.15) is 11.3 Å². The van der Waals surface area contributed by atoms with Crippen LogP contribution in [0.25, 0.3) is 0 Å². The summed E-state index contributed by atoms with van der Waals surface area (Å²) < 4.78 is 15.1. The quantitative estimate of drug-likeness (QED) is 0.631. The summed E-state index contributed by atoms with van der Waals surface area (Å²) >= 11 is 0. The van der Waals surface area contributed by atoms with Crippen LogP contribution >= 0.6 is 0 Å². The zero-order valence-electron chi connectivity index (χ0n) is 11.8. The van der Waals surface area contributed by atoms with E-state index >= 15 is 0 Å². The molecular weight excluding hydrogens is 262 g/mol. The number of hydrogen-bond donors (Lipinski definition) is 1. The molecule has 6 heteroatoms. The predicted octanol–water partition coefficient (Wildman–Crippen LogP) is 1.78. The molecule has 20 heavy (non-hydrogen) atoms. The lowest BCUT2D eigenvalue weighted by atomic mass is 10.1. The van der Waals surface area contributed by atoms with Crippen molar-refractivity contribution in [2.24, 2.45) is 0 Å². The maximum Gasteiger partial charge on any atom is 0.344 e. The summed E-state index contributed by atoms with van der Waals surface area (Å²) in [4.78, 5) is 23.3. The summed E-state index contributed by atoms with van der Waals surface area (Å²) in [5.74, 6) is -0.997. The largest absolute Gasteiger partial charge is 0.493 e. The van der Waals surface area contributed by atoms with Gasteiger partial charge in [-0.05, 0) is 32.9 Å². The fourth-order valence-electron chi connectivity index (χ4n) is 1.54. The van der Waals surface area contributed by atoms with E-state index in [1.54, 1.807) is 39.0 Å². The number of carbonyl (C=O) groups excluding carboxylic acids is 2. The molecule has 1 aromatic carbocycles. The number of nitrogen functional groups attached to an aromatic ring is 1. The Morgan fingerprint density at radius 3 is 2.60 bits per heavy atom. The van der Waals surface area contributed by atoms with Gasteiger partial charge in [0, 0.05) is 5.69 Å². The summed E-state index contributed by atoms with van der Waals surface area (Å²) in [5, 5.41) is 0. The van der Waals surface area contributed by atoms with E-state index < -0.39 is 18.5 Å². The number of benzene rings is 1. The van der Waals surface area contributed by atoms with Gasteiger partial charge < -0.3 is 19.9 Å². The van der Waals surface area contributed by atoms with Crippen molar-refractivity contribution in [3.8, 4) is 5.75 Å². The molecule has 0 fully saturated rings. The Kier molecular flexibility index (Phi) is 5.83. The van der Waals surface area contributed by atoms with Crippen molar-refractivity contribution in [3.05, 3.63) is 23.8 Å². The summed E-state index contributed by atoms with van der Waals surface area (Å²) in [6.45, 7) is 5.14. The smallest absolute Gasteiger partial charge is 0.344 e. The highest BCUT2D eigenvalue weighted by atomic mass is 16.6. The lowest BCUT2D eigenvalue weighted by molar-refractivity contribution is -0.150. The Morgan fingerprint density at radius 2 is 2.00 bits per heavy atom. The van der Waals surface area contributed by atoms with Crippen LogP contribution in [0.4, 0.5) is 5.69 Å². The van der Waals surface area contributed by atoms with Crippen LogP contribution in [0.5, 0.6) is 5.75 Å². The van der Waals surface area contributed by atoms with Crippen LogP contribution in [-0.2, 0) is 14.3 Å². The van der Waals surface area contributed by atoms with Crippen LogP contribution < -0.4 is 10.5 Å². The summed E-state index contributed by atoms with van der Waals surface area (Å²) in [5.41, 5.74) is 6.09. The van der Waals surface area contributed by atoms with Gasteiger partial charge in [-0.2, -0.15) is 0 Å². The highest BCUT2D eigenvalue weighted by Gasteiger charge is 2.19. The minimum atomic E-state index is -0.716. The molecule has 0 amide bonds. The van der Waals surface area contributed by atoms with Crippen molar-refractivity contribution in [2.45, 2.75) is 26.9 Å². The summed E-state index contributed by atoms with van der Waals surface area (Å²) in [6, 6.07) is 4.85. The molecule has 0 heterocycles. The maximum atomic E-state index is 12.0. The van der Waals surface area contributed by atoms with Gasteiger partial charge in [0.15, 0.2) is 6.61 Å². The molecule has 1 aromatic rings. The minimum Gasteiger partial charge on any atom is -0.493 e. The van der Waals surface area contributed by atoms with E-state index in [1.807, 2.05) is 0 Å². The van der Waals surface area contributed by atoms with E-state index in [9.17, 15) is 9.59 Å². The van der Waals surface area contributed by atoms with Crippen LogP contribution in [0.3, 0.4) is 0 Å². The molecule has 0 saturated carbocycles. The molecule has 0 saturated heterocycles. The average Bonchev–Trinajstić information content (AvgIpc) is 2.36. The Morgan fingerprint density at radius 1 is 1.30 bits per heavy atom. The van der Waals surface area contributed by atoms with Crippen LogP contribution in [0.2, 0.25) is 0 Å². The van der Waals surface area contributed by atoms with Crippen LogP contribution in [0, 0.1) is 0 Å². The normalized spacial score (nSPS) is 10.2. The fraction of sp³-hybridized carbons (Fsp3) is 0.429.